The Morgan fingerprint density at radius 1 is 0.963 bits per heavy atom. The maximum Gasteiger partial charge on any atom is 0.315 e. The Morgan fingerprint density at radius 2 is 1.52 bits per heavy atom. The summed E-state index contributed by atoms with van der Waals surface area (Å²) in [7, 11) is 0. The van der Waals surface area contributed by atoms with Crippen molar-refractivity contribution in [1.29, 1.82) is 0 Å². The van der Waals surface area contributed by atoms with Crippen LogP contribution in [0.4, 0.5) is 4.79 Å². The number of carbonyl (C=O) groups excluding carboxylic acids is 3. The van der Waals surface area contributed by atoms with Crippen LogP contribution in [0.1, 0.15) is 58.8 Å². The first kappa shape index (κ1) is 21.5. The van der Waals surface area contributed by atoms with E-state index in [1.54, 1.807) is 4.90 Å². The summed E-state index contributed by atoms with van der Waals surface area (Å²) in [4.78, 5) is 38.0. The lowest BCUT2D eigenvalue weighted by Crippen LogP contribution is -2.53. The van der Waals surface area contributed by atoms with Crippen LogP contribution in [0.15, 0.2) is 0 Å². The van der Waals surface area contributed by atoms with Gasteiger partial charge in [-0.2, -0.15) is 0 Å². The second-order valence-corrected chi connectivity index (χ2v) is 8.10. The molecule has 0 aromatic heterocycles. The summed E-state index contributed by atoms with van der Waals surface area (Å²) in [5.74, 6) is -0.375. The molecule has 0 unspecified atom stereocenters. The van der Waals surface area contributed by atoms with E-state index in [4.69, 9.17) is 5.73 Å². The average molecular weight is 382 g/mol. The van der Waals surface area contributed by atoms with Gasteiger partial charge in [0.25, 0.3) is 0 Å². The zero-order valence-corrected chi connectivity index (χ0v) is 16.6. The summed E-state index contributed by atoms with van der Waals surface area (Å²) >= 11 is 0. The van der Waals surface area contributed by atoms with Gasteiger partial charge >= 0.3 is 6.03 Å². The van der Waals surface area contributed by atoms with Crippen molar-refractivity contribution < 1.29 is 14.4 Å². The number of nitrogens with zero attached hydrogens (tertiary/aromatic N) is 1. The summed E-state index contributed by atoms with van der Waals surface area (Å²) < 4.78 is 0. The van der Waals surface area contributed by atoms with Gasteiger partial charge in [0.15, 0.2) is 0 Å². The fourth-order valence-electron chi connectivity index (χ4n) is 3.63. The predicted octanol–water partition coefficient (Wildman–Crippen LogP) is 0.709. The highest BCUT2D eigenvalue weighted by Crippen LogP contribution is 2.17. The molecule has 2 aliphatic rings. The van der Waals surface area contributed by atoms with E-state index in [0.29, 0.717) is 19.1 Å². The van der Waals surface area contributed by atoms with E-state index < -0.39 is 6.04 Å². The van der Waals surface area contributed by atoms with Crippen molar-refractivity contribution in [2.24, 2.45) is 11.7 Å². The summed E-state index contributed by atoms with van der Waals surface area (Å²) in [5, 5.41) is 8.71. The highest BCUT2D eigenvalue weighted by atomic mass is 16.2. The fourth-order valence-corrected chi connectivity index (χ4v) is 3.63. The van der Waals surface area contributed by atoms with E-state index in [9.17, 15) is 14.4 Å². The minimum Gasteiger partial charge on any atom is -0.346 e. The Hall–Kier alpha value is -1.83. The molecule has 8 heteroatoms. The van der Waals surface area contributed by atoms with Crippen LogP contribution in [-0.2, 0) is 9.59 Å². The zero-order chi connectivity index (χ0) is 19.8. The highest BCUT2D eigenvalue weighted by molar-refractivity contribution is 5.87. The van der Waals surface area contributed by atoms with Crippen LogP contribution in [-0.4, -0.2) is 60.5 Å². The normalized spacial score (nSPS) is 20.2. The molecule has 1 aliphatic heterocycles. The van der Waals surface area contributed by atoms with Crippen molar-refractivity contribution in [2.45, 2.75) is 76.9 Å². The first-order chi connectivity index (χ1) is 12.9. The molecule has 1 saturated carbocycles. The Labute approximate surface area is 162 Å². The Balaban J connectivity index is 1.64. The van der Waals surface area contributed by atoms with E-state index in [1.807, 2.05) is 13.8 Å². The molecule has 1 saturated heterocycles. The Morgan fingerprint density at radius 3 is 2.07 bits per heavy atom. The van der Waals surface area contributed by atoms with Gasteiger partial charge in [-0.3, -0.25) is 9.59 Å². The zero-order valence-electron chi connectivity index (χ0n) is 16.6. The number of carbonyl (C=O) groups is 3. The van der Waals surface area contributed by atoms with Gasteiger partial charge in [-0.15, -0.1) is 0 Å². The topological polar surface area (TPSA) is 117 Å². The molecule has 1 heterocycles. The van der Waals surface area contributed by atoms with Crippen LogP contribution < -0.4 is 21.7 Å². The number of hydrogen-bond acceptors (Lipinski definition) is 4. The molecule has 5 N–H and O–H groups in total. The Kier molecular flexibility index (Phi) is 8.34. The molecular formula is C19H35N5O3. The van der Waals surface area contributed by atoms with Crippen molar-refractivity contribution in [3.63, 3.8) is 0 Å². The Bertz CT molecular complexity index is 511. The number of piperidine rings is 1. The van der Waals surface area contributed by atoms with Gasteiger partial charge in [-0.05, 0) is 31.6 Å². The number of amides is 4. The van der Waals surface area contributed by atoms with E-state index in [0.717, 1.165) is 25.7 Å². The van der Waals surface area contributed by atoms with Crippen molar-refractivity contribution in [3.05, 3.63) is 0 Å². The van der Waals surface area contributed by atoms with E-state index >= 15 is 0 Å². The standard InChI is InChI=1S/C19H35N5O3/c1-13(2)17(20)18(26)21-12-16(25)24-10-8-15(9-11-24)23-19(27)22-14-6-4-3-5-7-14/h13-15,17H,3-12,20H2,1-2H3,(H,21,26)(H2,22,23,27)/t17-/m0/s1. The third-order valence-corrected chi connectivity index (χ3v) is 5.56. The average Bonchev–Trinajstić information content (AvgIpc) is 2.66. The van der Waals surface area contributed by atoms with Gasteiger partial charge in [0, 0.05) is 25.2 Å². The quantitative estimate of drug-likeness (QED) is 0.542. The lowest BCUT2D eigenvalue weighted by atomic mass is 9.96. The molecule has 0 bridgehead atoms. The highest BCUT2D eigenvalue weighted by Gasteiger charge is 2.25. The molecule has 154 valence electrons. The third kappa shape index (κ3) is 7.01. The smallest absolute Gasteiger partial charge is 0.315 e. The van der Waals surface area contributed by atoms with Crippen LogP contribution in [0.2, 0.25) is 0 Å². The minimum absolute atomic E-state index is 0.0283. The lowest BCUT2D eigenvalue weighted by Gasteiger charge is -2.33. The van der Waals surface area contributed by atoms with Crippen molar-refractivity contribution in [2.75, 3.05) is 19.6 Å². The lowest BCUT2D eigenvalue weighted by molar-refractivity contribution is -0.134. The van der Waals surface area contributed by atoms with Crippen LogP contribution in [0, 0.1) is 5.92 Å². The number of nitrogens with two attached hydrogens (primary N) is 1. The summed E-state index contributed by atoms with van der Waals surface area (Å²) in [6.45, 7) is 4.88. The first-order valence-electron chi connectivity index (χ1n) is 10.2. The molecule has 0 aromatic rings. The predicted molar refractivity (Wildman–Crippen MR) is 104 cm³/mol. The number of nitrogens with one attached hydrogen (secondary N) is 3. The van der Waals surface area contributed by atoms with Gasteiger partial charge in [-0.1, -0.05) is 33.1 Å². The number of urea groups is 1. The molecule has 8 nitrogen and oxygen atoms in total. The third-order valence-electron chi connectivity index (χ3n) is 5.56. The van der Waals surface area contributed by atoms with Gasteiger partial charge in [0.1, 0.15) is 0 Å². The van der Waals surface area contributed by atoms with Gasteiger partial charge in [0.2, 0.25) is 11.8 Å². The first-order valence-corrected chi connectivity index (χ1v) is 10.2. The number of likely N-dealkylation sites (tertiary alicyclic amines) is 1. The molecule has 0 spiro atoms. The molecule has 1 aliphatic carbocycles. The molecule has 1 atom stereocenters. The maximum absolute atomic E-state index is 12.3. The van der Waals surface area contributed by atoms with Crippen molar-refractivity contribution >= 4 is 17.8 Å². The van der Waals surface area contributed by atoms with Crippen molar-refractivity contribution in [3.8, 4) is 0 Å². The van der Waals surface area contributed by atoms with E-state index in [1.165, 1.54) is 19.3 Å². The number of hydrogen-bond donors (Lipinski definition) is 4. The van der Waals surface area contributed by atoms with Crippen LogP contribution in [0.5, 0.6) is 0 Å². The summed E-state index contributed by atoms with van der Waals surface area (Å²) in [5.41, 5.74) is 5.77. The summed E-state index contributed by atoms with van der Waals surface area (Å²) in [6.07, 6.45) is 7.20. The van der Waals surface area contributed by atoms with Crippen LogP contribution >= 0.6 is 0 Å². The molecule has 27 heavy (non-hydrogen) atoms. The van der Waals surface area contributed by atoms with Gasteiger partial charge < -0.3 is 26.6 Å². The van der Waals surface area contributed by atoms with E-state index in [2.05, 4.69) is 16.0 Å². The number of rotatable bonds is 6. The second kappa shape index (κ2) is 10.5. The van der Waals surface area contributed by atoms with Gasteiger partial charge in [0.05, 0.1) is 12.6 Å². The molecule has 2 fully saturated rings. The fraction of sp³-hybridized carbons (Fsp3) is 0.842. The van der Waals surface area contributed by atoms with Crippen molar-refractivity contribution in [1.82, 2.24) is 20.9 Å². The minimum atomic E-state index is -0.601. The molecule has 0 radical (unpaired) electrons. The second-order valence-electron chi connectivity index (χ2n) is 8.10. The SMILES string of the molecule is CC(C)[C@H](N)C(=O)NCC(=O)N1CCC(NC(=O)NC2CCCCC2)CC1. The maximum atomic E-state index is 12.3. The molecule has 0 aromatic carbocycles. The summed E-state index contributed by atoms with van der Waals surface area (Å²) in [6, 6.07) is -0.320. The molecule has 2 rings (SSSR count). The molecule has 4 amide bonds. The molecular weight excluding hydrogens is 346 g/mol. The monoisotopic (exact) mass is 381 g/mol. The van der Waals surface area contributed by atoms with Crippen LogP contribution in [0.25, 0.3) is 0 Å². The largest absolute Gasteiger partial charge is 0.346 e. The van der Waals surface area contributed by atoms with Gasteiger partial charge in [-0.25, -0.2) is 4.79 Å². The van der Waals surface area contributed by atoms with E-state index in [-0.39, 0.29) is 36.3 Å². The van der Waals surface area contributed by atoms with Crippen LogP contribution in [0.3, 0.4) is 0 Å².